The molecular formula is C19H14N4O. The van der Waals surface area contributed by atoms with Gasteiger partial charge in [-0.25, -0.2) is 4.98 Å². The van der Waals surface area contributed by atoms with Crippen molar-refractivity contribution in [2.75, 3.05) is 5.32 Å². The van der Waals surface area contributed by atoms with Gasteiger partial charge < -0.3 is 10.3 Å². The van der Waals surface area contributed by atoms with E-state index in [1.807, 2.05) is 42.5 Å². The van der Waals surface area contributed by atoms with Crippen molar-refractivity contribution >= 4 is 22.5 Å². The summed E-state index contributed by atoms with van der Waals surface area (Å²) in [6, 6.07) is 17.9. The first-order valence-corrected chi connectivity index (χ1v) is 7.55. The van der Waals surface area contributed by atoms with Crippen molar-refractivity contribution in [3.05, 3.63) is 78.9 Å². The number of aromatic nitrogens is 3. The molecule has 24 heavy (non-hydrogen) atoms. The molecule has 0 saturated heterocycles. The Kier molecular flexibility index (Phi) is 3.51. The Balaban J connectivity index is 1.63. The van der Waals surface area contributed by atoms with Crippen molar-refractivity contribution in [3.63, 3.8) is 0 Å². The minimum atomic E-state index is -0.281. The van der Waals surface area contributed by atoms with Crippen LogP contribution in [0.4, 0.5) is 5.69 Å². The molecule has 116 valence electrons. The quantitative estimate of drug-likeness (QED) is 0.603. The number of anilines is 1. The van der Waals surface area contributed by atoms with Crippen LogP contribution in [0.2, 0.25) is 0 Å². The van der Waals surface area contributed by atoms with Crippen molar-refractivity contribution < 1.29 is 4.79 Å². The fourth-order valence-corrected chi connectivity index (χ4v) is 2.60. The SMILES string of the molecule is O=C(Nc1cccc(-c2cc3ccccc3[nH]2)c1)c1cnccn1. The maximum Gasteiger partial charge on any atom is 0.275 e. The molecule has 4 rings (SSSR count). The third-order valence-corrected chi connectivity index (χ3v) is 3.76. The minimum absolute atomic E-state index is 0.281. The molecule has 0 spiro atoms. The van der Waals surface area contributed by atoms with Crippen molar-refractivity contribution in [3.8, 4) is 11.3 Å². The summed E-state index contributed by atoms with van der Waals surface area (Å²) < 4.78 is 0. The highest BCUT2D eigenvalue weighted by molar-refractivity contribution is 6.03. The summed E-state index contributed by atoms with van der Waals surface area (Å²) in [5, 5.41) is 4.00. The van der Waals surface area contributed by atoms with Crippen LogP contribution in [0.15, 0.2) is 73.2 Å². The molecule has 4 aromatic rings. The number of hydrogen-bond acceptors (Lipinski definition) is 3. The minimum Gasteiger partial charge on any atom is -0.355 e. The van der Waals surface area contributed by atoms with E-state index in [0.717, 1.165) is 22.2 Å². The smallest absolute Gasteiger partial charge is 0.275 e. The van der Waals surface area contributed by atoms with Crippen LogP contribution in [0.3, 0.4) is 0 Å². The summed E-state index contributed by atoms with van der Waals surface area (Å²) in [6.45, 7) is 0. The molecule has 0 bridgehead atoms. The molecule has 5 heteroatoms. The summed E-state index contributed by atoms with van der Waals surface area (Å²) in [6.07, 6.45) is 4.47. The van der Waals surface area contributed by atoms with E-state index >= 15 is 0 Å². The fourth-order valence-electron chi connectivity index (χ4n) is 2.60. The highest BCUT2D eigenvalue weighted by Crippen LogP contribution is 2.26. The van der Waals surface area contributed by atoms with Gasteiger partial charge in [-0.2, -0.15) is 0 Å². The number of nitrogens with zero attached hydrogens (tertiary/aromatic N) is 2. The van der Waals surface area contributed by atoms with E-state index < -0.39 is 0 Å². The van der Waals surface area contributed by atoms with Gasteiger partial charge in [-0.1, -0.05) is 30.3 Å². The fraction of sp³-hybridized carbons (Fsp3) is 0. The van der Waals surface area contributed by atoms with Gasteiger partial charge in [0.1, 0.15) is 5.69 Å². The average molecular weight is 314 g/mol. The number of rotatable bonds is 3. The van der Waals surface area contributed by atoms with Crippen LogP contribution in [0, 0.1) is 0 Å². The van der Waals surface area contributed by atoms with Crippen LogP contribution < -0.4 is 5.32 Å². The van der Waals surface area contributed by atoms with E-state index in [4.69, 9.17) is 0 Å². The second-order valence-electron chi connectivity index (χ2n) is 5.40. The highest BCUT2D eigenvalue weighted by Gasteiger charge is 2.09. The summed E-state index contributed by atoms with van der Waals surface area (Å²) in [7, 11) is 0. The summed E-state index contributed by atoms with van der Waals surface area (Å²) >= 11 is 0. The first-order chi connectivity index (χ1) is 11.8. The lowest BCUT2D eigenvalue weighted by atomic mass is 10.1. The molecule has 0 radical (unpaired) electrons. The molecule has 2 aromatic carbocycles. The van der Waals surface area contributed by atoms with Crippen molar-refractivity contribution in [2.24, 2.45) is 0 Å². The van der Waals surface area contributed by atoms with Gasteiger partial charge in [0.15, 0.2) is 0 Å². The Morgan fingerprint density at radius 1 is 1.00 bits per heavy atom. The lowest BCUT2D eigenvalue weighted by molar-refractivity contribution is 0.102. The molecule has 0 atom stereocenters. The second-order valence-corrected chi connectivity index (χ2v) is 5.40. The number of carbonyl (C=O) groups is 1. The zero-order valence-corrected chi connectivity index (χ0v) is 12.7. The van der Waals surface area contributed by atoms with E-state index in [1.54, 1.807) is 0 Å². The molecule has 0 aliphatic rings. The standard InChI is InChI=1S/C19H14N4O/c24-19(18-12-20-8-9-21-18)22-15-6-3-5-13(10-15)17-11-14-4-1-2-7-16(14)23-17/h1-12,23H,(H,22,24). The van der Waals surface area contributed by atoms with Crippen molar-refractivity contribution in [1.29, 1.82) is 0 Å². The molecule has 2 aromatic heterocycles. The summed E-state index contributed by atoms with van der Waals surface area (Å²) in [4.78, 5) is 23.5. The summed E-state index contributed by atoms with van der Waals surface area (Å²) in [5.74, 6) is -0.281. The maximum atomic E-state index is 12.2. The van der Waals surface area contributed by atoms with Crippen LogP contribution in [-0.2, 0) is 0 Å². The molecule has 0 unspecified atom stereocenters. The second kappa shape index (κ2) is 5.96. The Morgan fingerprint density at radius 2 is 1.92 bits per heavy atom. The van der Waals surface area contributed by atoms with Gasteiger partial charge in [0.2, 0.25) is 0 Å². The van der Waals surface area contributed by atoms with Crippen molar-refractivity contribution in [2.45, 2.75) is 0 Å². The molecule has 2 N–H and O–H groups in total. The van der Waals surface area contributed by atoms with Gasteiger partial charge >= 0.3 is 0 Å². The number of carbonyl (C=O) groups excluding carboxylic acids is 1. The van der Waals surface area contributed by atoms with E-state index in [9.17, 15) is 4.79 Å². The average Bonchev–Trinajstić information content (AvgIpc) is 3.07. The topological polar surface area (TPSA) is 70.7 Å². The van der Waals surface area contributed by atoms with E-state index in [-0.39, 0.29) is 11.6 Å². The lowest BCUT2D eigenvalue weighted by Crippen LogP contribution is -2.13. The zero-order valence-electron chi connectivity index (χ0n) is 12.7. The van der Waals surface area contributed by atoms with Crippen LogP contribution in [0.25, 0.3) is 22.2 Å². The predicted molar refractivity (Wildman–Crippen MR) is 93.7 cm³/mol. The Hall–Kier alpha value is -3.47. The van der Waals surface area contributed by atoms with Crippen LogP contribution >= 0.6 is 0 Å². The van der Waals surface area contributed by atoms with Crippen molar-refractivity contribution in [1.82, 2.24) is 15.0 Å². The van der Waals surface area contributed by atoms with E-state index in [0.29, 0.717) is 5.69 Å². The molecule has 0 aliphatic heterocycles. The largest absolute Gasteiger partial charge is 0.355 e. The van der Waals surface area contributed by atoms with Gasteiger partial charge in [0, 0.05) is 40.2 Å². The molecule has 0 aliphatic carbocycles. The maximum absolute atomic E-state index is 12.2. The van der Waals surface area contributed by atoms with Gasteiger partial charge in [-0.3, -0.25) is 9.78 Å². The summed E-state index contributed by atoms with van der Waals surface area (Å²) in [5.41, 5.74) is 4.09. The number of benzene rings is 2. The third kappa shape index (κ3) is 2.75. The predicted octanol–water partition coefficient (Wildman–Crippen LogP) is 3.88. The number of nitrogens with one attached hydrogen (secondary N) is 2. The number of hydrogen-bond donors (Lipinski definition) is 2. The van der Waals surface area contributed by atoms with E-state index in [1.165, 1.54) is 18.6 Å². The molecule has 1 amide bonds. The number of para-hydroxylation sites is 1. The van der Waals surface area contributed by atoms with Crippen LogP contribution in [0.5, 0.6) is 0 Å². The number of aromatic amines is 1. The van der Waals surface area contributed by atoms with Crippen LogP contribution in [-0.4, -0.2) is 20.9 Å². The number of amides is 1. The first kappa shape index (κ1) is 14.1. The molecule has 2 heterocycles. The monoisotopic (exact) mass is 314 g/mol. The first-order valence-electron chi connectivity index (χ1n) is 7.55. The Bertz CT molecular complexity index is 975. The number of H-pyrrole nitrogens is 1. The third-order valence-electron chi connectivity index (χ3n) is 3.76. The molecule has 0 saturated carbocycles. The highest BCUT2D eigenvalue weighted by atomic mass is 16.1. The van der Waals surface area contributed by atoms with E-state index in [2.05, 4.69) is 32.4 Å². The number of fused-ring (bicyclic) bond motifs is 1. The van der Waals surface area contributed by atoms with Gasteiger partial charge in [-0.05, 0) is 24.3 Å². The Morgan fingerprint density at radius 3 is 2.75 bits per heavy atom. The molecular weight excluding hydrogens is 300 g/mol. The lowest BCUT2D eigenvalue weighted by Gasteiger charge is -2.06. The molecule has 5 nitrogen and oxygen atoms in total. The molecule has 0 fully saturated rings. The zero-order chi connectivity index (χ0) is 16.4. The Labute approximate surface area is 138 Å². The van der Waals surface area contributed by atoms with Gasteiger partial charge in [0.05, 0.1) is 6.20 Å². The van der Waals surface area contributed by atoms with Gasteiger partial charge in [-0.15, -0.1) is 0 Å². The van der Waals surface area contributed by atoms with Gasteiger partial charge in [0.25, 0.3) is 5.91 Å². The van der Waals surface area contributed by atoms with Crippen LogP contribution in [0.1, 0.15) is 10.5 Å². The normalized spacial score (nSPS) is 10.7.